The van der Waals surface area contributed by atoms with Gasteiger partial charge in [0.25, 0.3) is 0 Å². The van der Waals surface area contributed by atoms with Crippen LogP contribution in [0.15, 0.2) is 48.5 Å². The molecule has 1 amide bonds. The highest BCUT2D eigenvalue weighted by Gasteiger charge is 2.27. The number of carbonyl (C=O) groups is 1. The number of benzene rings is 2. The van der Waals surface area contributed by atoms with Crippen molar-refractivity contribution < 1.29 is 22.3 Å². The molecule has 1 aliphatic rings. The maximum Gasteiger partial charge on any atom is 0.304 e. The third kappa shape index (κ3) is 5.48. The number of ether oxygens (including phenoxy) is 1. The number of nitrogens with zero attached hydrogens (tertiary/aromatic N) is 2. The molecule has 1 fully saturated rings. The predicted molar refractivity (Wildman–Crippen MR) is 114 cm³/mol. The van der Waals surface area contributed by atoms with Gasteiger partial charge in [0, 0.05) is 19.8 Å². The summed E-state index contributed by atoms with van der Waals surface area (Å²) in [6.45, 7) is -0.452. The number of anilines is 2. The van der Waals surface area contributed by atoms with Crippen molar-refractivity contribution in [2.45, 2.75) is 31.8 Å². The Bertz CT molecular complexity index is 957. The summed E-state index contributed by atoms with van der Waals surface area (Å²) in [6.07, 6.45) is 4.71. The summed E-state index contributed by atoms with van der Waals surface area (Å²) in [7, 11) is -1.21. The molecule has 0 radical (unpaired) electrons. The molecule has 1 aliphatic carbocycles. The van der Waals surface area contributed by atoms with E-state index in [1.54, 1.807) is 24.3 Å². The summed E-state index contributed by atoms with van der Waals surface area (Å²) >= 11 is 0. The number of amides is 1. The van der Waals surface area contributed by atoms with Crippen LogP contribution in [0, 0.1) is 5.82 Å². The molecule has 0 atom stereocenters. The Morgan fingerprint density at radius 3 is 2.23 bits per heavy atom. The molecule has 0 spiro atoms. The number of hydrogen-bond donors (Lipinski definition) is 1. The molecule has 3 rings (SSSR count). The lowest BCUT2D eigenvalue weighted by molar-refractivity contribution is -0.114. The summed E-state index contributed by atoms with van der Waals surface area (Å²) < 4.78 is 46.4. The van der Waals surface area contributed by atoms with Crippen molar-refractivity contribution in [3.8, 4) is 5.75 Å². The van der Waals surface area contributed by atoms with E-state index in [0.717, 1.165) is 39.3 Å². The summed E-state index contributed by atoms with van der Waals surface area (Å²) in [6, 6.07) is 11.9. The van der Waals surface area contributed by atoms with Crippen molar-refractivity contribution in [3.63, 3.8) is 0 Å². The molecule has 0 heterocycles. The summed E-state index contributed by atoms with van der Waals surface area (Å²) in [5, 5.41) is 2.69. The van der Waals surface area contributed by atoms with Crippen LogP contribution >= 0.6 is 0 Å². The molecule has 30 heavy (non-hydrogen) atoms. The quantitative estimate of drug-likeness (QED) is 0.689. The van der Waals surface area contributed by atoms with E-state index in [9.17, 15) is 17.6 Å². The Morgan fingerprint density at radius 2 is 1.67 bits per heavy atom. The van der Waals surface area contributed by atoms with E-state index >= 15 is 0 Å². The molecular formula is C21H26FN3O4S. The highest BCUT2D eigenvalue weighted by Crippen LogP contribution is 2.25. The van der Waals surface area contributed by atoms with Crippen molar-refractivity contribution in [2.24, 2.45) is 0 Å². The second-order valence-corrected chi connectivity index (χ2v) is 9.44. The van der Waals surface area contributed by atoms with Crippen molar-refractivity contribution in [1.82, 2.24) is 4.31 Å². The molecule has 0 saturated heterocycles. The van der Waals surface area contributed by atoms with Gasteiger partial charge in [0.1, 0.15) is 18.1 Å². The first-order valence-corrected chi connectivity index (χ1v) is 11.2. The van der Waals surface area contributed by atoms with Crippen LogP contribution in [-0.2, 0) is 15.0 Å². The van der Waals surface area contributed by atoms with Gasteiger partial charge >= 0.3 is 10.2 Å². The number of rotatable bonds is 8. The SMILES string of the molecule is CN(C)S(=O)(=O)N(CC(=O)Nc1ccc(OC2CCCC2)cc1)c1ccc(F)cc1. The fraction of sp³-hybridized carbons (Fsp3) is 0.381. The Hall–Kier alpha value is -2.65. The maximum atomic E-state index is 13.2. The topological polar surface area (TPSA) is 79.0 Å². The molecule has 2 aromatic rings. The monoisotopic (exact) mass is 435 g/mol. The zero-order valence-corrected chi connectivity index (χ0v) is 17.9. The van der Waals surface area contributed by atoms with Gasteiger partial charge in [0.15, 0.2) is 0 Å². The number of nitrogens with one attached hydrogen (secondary N) is 1. The predicted octanol–water partition coefficient (Wildman–Crippen LogP) is 3.40. The van der Waals surface area contributed by atoms with Crippen LogP contribution in [0.2, 0.25) is 0 Å². The second-order valence-electron chi connectivity index (χ2n) is 7.37. The first-order chi connectivity index (χ1) is 14.3. The second kappa shape index (κ2) is 9.44. The van der Waals surface area contributed by atoms with E-state index in [-0.39, 0.29) is 11.8 Å². The van der Waals surface area contributed by atoms with Gasteiger partial charge in [0.2, 0.25) is 5.91 Å². The minimum Gasteiger partial charge on any atom is -0.490 e. The van der Waals surface area contributed by atoms with Crippen molar-refractivity contribution in [3.05, 3.63) is 54.3 Å². The fourth-order valence-corrected chi connectivity index (χ4v) is 4.32. The van der Waals surface area contributed by atoms with Gasteiger partial charge in [-0.15, -0.1) is 0 Å². The van der Waals surface area contributed by atoms with Gasteiger partial charge in [-0.3, -0.25) is 4.79 Å². The van der Waals surface area contributed by atoms with E-state index in [0.29, 0.717) is 5.69 Å². The third-order valence-electron chi connectivity index (χ3n) is 4.88. The summed E-state index contributed by atoms with van der Waals surface area (Å²) in [5.74, 6) is -0.275. The van der Waals surface area contributed by atoms with Crippen LogP contribution in [0.3, 0.4) is 0 Å². The van der Waals surface area contributed by atoms with E-state index in [1.807, 2.05) is 0 Å². The van der Waals surface area contributed by atoms with Crippen LogP contribution in [-0.4, -0.2) is 45.4 Å². The van der Waals surface area contributed by atoms with Crippen LogP contribution in [0.1, 0.15) is 25.7 Å². The van der Waals surface area contributed by atoms with Crippen LogP contribution < -0.4 is 14.4 Å². The highest BCUT2D eigenvalue weighted by molar-refractivity contribution is 7.90. The summed E-state index contributed by atoms with van der Waals surface area (Å²) in [5.41, 5.74) is 0.723. The Balaban J connectivity index is 1.68. The first kappa shape index (κ1) is 22.0. The molecule has 0 bridgehead atoms. The lowest BCUT2D eigenvalue weighted by atomic mass is 10.2. The lowest BCUT2D eigenvalue weighted by Gasteiger charge is -2.26. The van der Waals surface area contributed by atoms with E-state index in [2.05, 4.69) is 5.32 Å². The van der Waals surface area contributed by atoms with Crippen molar-refractivity contribution in [2.75, 3.05) is 30.3 Å². The smallest absolute Gasteiger partial charge is 0.304 e. The molecule has 2 aromatic carbocycles. The maximum absolute atomic E-state index is 13.2. The first-order valence-electron chi connectivity index (χ1n) is 9.78. The number of hydrogen-bond acceptors (Lipinski definition) is 4. The van der Waals surface area contributed by atoms with E-state index < -0.39 is 28.5 Å². The lowest BCUT2D eigenvalue weighted by Crippen LogP contribution is -2.44. The van der Waals surface area contributed by atoms with E-state index in [4.69, 9.17) is 4.74 Å². The number of halogens is 1. The van der Waals surface area contributed by atoms with Crippen LogP contribution in [0.25, 0.3) is 0 Å². The van der Waals surface area contributed by atoms with Crippen molar-refractivity contribution >= 4 is 27.5 Å². The normalized spacial score (nSPS) is 14.7. The Kier molecular flexibility index (Phi) is 6.94. The Morgan fingerprint density at radius 1 is 1.07 bits per heavy atom. The van der Waals surface area contributed by atoms with Gasteiger partial charge in [-0.1, -0.05) is 0 Å². The summed E-state index contributed by atoms with van der Waals surface area (Å²) in [4.78, 5) is 12.6. The molecule has 7 nitrogen and oxygen atoms in total. The minimum atomic E-state index is -3.95. The van der Waals surface area contributed by atoms with Gasteiger partial charge in [-0.2, -0.15) is 12.7 Å². The average Bonchev–Trinajstić information content (AvgIpc) is 3.21. The van der Waals surface area contributed by atoms with Gasteiger partial charge in [0.05, 0.1) is 11.8 Å². The molecule has 0 aliphatic heterocycles. The molecule has 162 valence electrons. The molecule has 0 aromatic heterocycles. The Labute approximate surface area is 176 Å². The molecule has 9 heteroatoms. The standard InChI is InChI=1S/C21H26FN3O4S/c1-24(2)30(27,28)25(18-11-7-16(22)8-12-18)15-21(26)23-17-9-13-20(14-10-17)29-19-5-3-4-6-19/h7-14,19H,3-6,15H2,1-2H3,(H,23,26). The van der Waals surface area contributed by atoms with Gasteiger partial charge in [-0.25, -0.2) is 8.70 Å². The highest BCUT2D eigenvalue weighted by atomic mass is 32.2. The molecule has 1 saturated carbocycles. The zero-order valence-electron chi connectivity index (χ0n) is 17.0. The molecule has 1 N–H and O–H groups in total. The number of carbonyl (C=O) groups excluding carboxylic acids is 1. The van der Waals surface area contributed by atoms with Crippen molar-refractivity contribution in [1.29, 1.82) is 0 Å². The van der Waals surface area contributed by atoms with Crippen LogP contribution in [0.4, 0.5) is 15.8 Å². The van der Waals surface area contributed by atoms with Gasteiger partial charge < -0.3 is 10.1 Å². The van der Waals surface area contributed by atoms with E-state index in [1.165, 1.54) is 39.1 Å². The third-order valence-corrected chi connectivity index (χ3v) is 6.70. The van der Waals surface area contributed by atoms with Gasteiger partial charge in [-0.05, 0) is 74.2 Å². The fourth-order valence-electron chi connectivity index (χ4n) is 3.26. The zero-order chi connectivity index (χ0) is 21.7. The van der Waals surface area contributed by atoms with Crippen LogP contribution in [0.5, 0.6) is 5.75 Å². The minimum absolute atomic E-state index is 0.195. The average molecular weight is 436 g/mol. The largest absolute Gasteiger partial charge is 0.490 e. The molecular weight excluding hydrogens is 409 g/mol. The molecule has 0 unspecified atom stereocenters.